The highest BCUT2D eigenvalue weighted by molar-refractivity contribution is 5.85. The maximum Gasteiger partial charge on any atom is 0.220 e. The number of hydrogen-bond acceptors (Lipinski definition) is 3. The van der Waals surface area contributed by atoms with Crippen LogP contribution in [0.15, 0.2) is 24.5 Å². The van der Waals surface area contributed by atoms with E-state index in [1.807, 2.05) is 19.1 Å². The van der Waals surface area contributed by atoms with Crippen LogP contribution in [-0.2, 0) is 11.2 Å². The van der Waals surface area contributed by atoms with Crippen molar-refractivity contribution in [2.75, 3.05) is 13.1 Å². The fourth-order valence-electron chi connectivity index (χ4n) is 1.27. The van der Waals surface area contributed by atoms with Crippen molar-refractivity contribution in [3.63, 3.8) is 0 Å². The zero-order chi connectivity index (χ0) is 11.8. The minimum atomic E-state index is 0. The minimum absolute atomic E-state index is 0. The first kappa shape index (κ1) is 19.5. The first-order valence-electron chi connectivity index (χ1n) is 5.58. The number of nitrogens with zero attached hydrogens (tertiary/aromatic N) is 1. The van der Waals surface area contributed by atoms with Crippen molar-refractivity contribution in [3.8, 4) is 0 Å². The normalized spacial score (nSPS) is 10.8. The molecule has 4 nitrogen and oxygen atoms in total. The van der Waals surface area contributed by atoms with Gasteiger partial charge >= 0.3 is 0 Å². The molecule has 0 saturated heterocycles. The highest BCUT2D eigenvalue weighted by Crippen LogP contribution is 2.00. The maximum atomic E-state index is 11.5. The molecule has 3 N–H and O–H groups in total. The summed E-state index contributed by atoms with van der Waals surface area (Å²) in [5, 5.41) is 2.87. The lowest BCUT2D eigenvalue weighted by molar-refractivity contribution is -0.121. The molecule has 1 amide bonds. The lowest BCUT2D eigenvalue weighted by Crippen LogP contribution is -2.31. The van der Waals surface area contributed by atoms with E-state index < -0.39 is 0 Å². The Hall–Kier alpha value is -0.840. The standard InChI is InChI=1S/C12H19N3O.2ClH/c1-10(8-13)9-15-12(16)3-2-11-4-6-14-7-5-11;;/h4-7,10H,2-3,8-9,13H2,1H3,(H,15,16);2*1H. The summed E-state index contributed by atoms with van der Waals surface area (Å²) in [5.74, 6) is 0.419. The third-order valence-corrected chi connectivity index (χ3v) is 2.44. The molecule has 1 heterocycles. The Balaban J connectivity index is 0. The van der Waals surface area contributed by atoms with E-state index in [9.17, 15) is 4.79 Å². The smallest absolute Gasteiger partial charge is 0.220 e. The van der Waals surface area contributed by atoms with Crippen LogP contribution in [0, 0.1) is 5.92 Å². The van der Waals surface area contributed by atoms with Crippen LogP contribution >= 0.6 is 24.8 Å². The van der Waals surface area contributed by atoms with E-state index in [0.717, 1.165) is 12.0 Å². The highest BCUT2D eigenvalue weighted by atomic mass is 35.5. The average Bonchev–Trinajstić information content (AvgIpc) is 2.34. The van der Waals surface area contributed by atoms with Gasteiger partial charge in [-0.05, 0) is 36.6 Å². The van der Waals surface area contributed by atoms with Crippen molar-refractivity contribution in [2.24, 2.45) is 11.7 Å². The van der Waals surface area contributed by atoms with Gasteiger partial charge in [-0.3, -0.25) is 9.78 Å². The van der Waals surface area contributed by atoms with E-state index in [1.54, 1.807) is 12.4 Å². The highest BCUT2D eigenvalue weighted by Gasteiger charge is 2.04. The second-order valence-corrected chi connectivity index (χ2v) is 4.00. The molecule has 0 aliphatic carbocycles. The van der Waals surface area contributed by atoms with Crippen LogP contribution in [0.2, 0.25) is 0 Å². The zero-order valence-corrected chi connectivity index (χ0v) is 12.1. The molecule has 1 rings (SSSR count). The average molecular weight is 294 g/mol. The van der Waals surface area contributed by atoms with Gasteiger partial charge in [-0.2, -0.15) is 0 Å². The van der Waals surface area contributed by atoms with Gasteiger partial charge in [-0.1, -0.05) is 6.92 Å². The molecule has 1 aromatic rings. The van der Waals surface area contributed by atoms with Crippen LogP contribution in [0.5, 0.6) is 0 Å². The molecule has 104 valence electrons. The maximum absolute atomic E-state index is 11.5. The molecular formula is C12H21Cl2N3O. The first-order chi connectivity index (χ1) is 7.72. The van der Waals surface area contributed by atoms with Crippen molar-refractivity contribution in [1.82, 2.24) is 10.3 Å². The monoisotopic (exact) mass is 293 g/mol. The molecule has 0 radical (unpaired) electrons. The number of carbonyl (C=O) groups is 1. The molecule has 0 aliphatic rings. The Morgan fingerprint density at radius 3 is 2.56 bits per heavy atom. The van der Waals surface area contributed by atoms with Crippen LogP contribution < -0.4 is 11.1 Å². The summed E-state index contributed by atoms with van der Waals surface area (Å²) >= 11 is 0. The molecular weight excluding hydrogens is 273 g/mol. The molecule has 1 aromatic heterocycles. The van der Waals surface area contributed by atoms with Gasteiger partial charge in [0.05, 0.1) is 0 Å². The Bertz CT molecular complexity index is 322. The van der Waals surface area contributed by atoms with Gasteiger partial charge in [0.15, 0.2) is 0 Å². The van der Waals surface area contributed by atoms with Crippen molar-refractivity contribution < 1.29 is 4.79 Å². The molecule has 0 bridgehead atoms. The number of aryl methyl sites for hydroxylation is 1. The molecule has 18 heavy (non-hydrogen) atoms. The molecule has 0 fully saturated rings. The Morgan fingerprint density at radius 1 is 1.39 bits per heavy atom. The van der Waals surface area contributed by atoms with Crippen molar-refractivity contribution in [3.05, 3.63) is 30.1 Å². The fraction of sp³-hybridized carbons (Fsp3) is 0.500. The van der Waals surface area contributed by atoms with Gasteiger partial charge in [0.2, 0.25) is 5.91 Å². The summed E-state index contributed by atoms with van der Waals surface area (Å²) in [7, 11) is 0. The zero-order valence-electron chi connectivity index (χ0n) is 10.5. The molecule has 0 spiro atoms. The SMILES string of the molecule is CC(CN)CNC(=O)CCc1ccncc1.Cl.Cl. The Kier molecular flexibility index (Phi) is 12.2. The molecule has 6 heteroatoms. The van der Waals surface area contributed by atoms with Crippen molar-refractivity contribution in [1.29, 1.82) is 0 Å². The van der Waals surface area contributed by atoms with Crippen LogP contribution in [0.3, 0.4) is 0 Å². The summed E-state index contributed by atoms with van der Waals surface area (Å²) < 4.78 is 0. The van der Waals surface area contributed by atoms with E-state index in [1.165, 1.54) is 0 Å². The Labute approximate surface area is 121 Å². The number of amides is 1. The number of hydrogen-bond donors (Lipinski definition) is 2. The van der Waals surface area contributed by atoms with Crippen molar-refractivity contribution in [2.45, 2.75) is 19.8 Å². The number of nitrogens with one attached hydrogen (secondary N) is 1. The van der Waals surface area contributed by atoms with Crippen molar-refractivity contribution >= 4 is 30.7 Å². The van der Waals surface area contributed by atoms with Gasteiger partial charge in [0.25, 0.3) is 0 Å². The summed E-state index contributed by atoms with van der Waals surface area (Å²) in [6.45, 7) is 3.28. The molecule has 0 aromatic carbocycles. The number of aromatic nitrogens is 1. The Morgan fingerprint density at radius 2 is 2.00 bits per heavy atom. The van der Waals surface area contributed by atoms with Crippen LogP contribution in [0.1, 0.15) is 18.9 Å². The largest absolute Gasteiger partial charge is 0.356 e. The van der Waals surface area contributed by atoms with Gasteiger partial charge in [0, 0.05) is 25.4 Å². The van der Waals surface area contributed by atoms with Crippen LogP contribution in [-0.4, -0.2) is 24.0 Å². The quantitative estimate of drug-likeness (QED) is 0.837. The van der Waals surface area contributed by atoms with Gasteiger partial charge < -0.3 is 11.1 Å². The van der Waals surface area contributed by atoms with Gasteiger partial charge in [-0.15, -0.1) is 24.8 Å². The first-order valence-corrected chi connectivity index (χ1v) is 5.58. The number of pyridine rings is 1. The van der Waals surface area contributed by atoms with E-state index in [0.29, 0.717) is 25.4 Å². The summed E-state index contributed by atoms with van der Waals surface area (Å²) in [4.78, 5) is 15.4. The van der Waals surface area contributed by atoms with Crippen LogP contribution in [0.25, 0.3) is 0 Å². The molecule has 0 saturated carbocycles. The minimum Gasteiger partial charge on any atom is -0.356 e. The molecule has 1 atom stereocenters. The topological polar surface area (TPSA) is 68.0 Å². The van der Waals surface area contributed by atoms with E-state index in [4.69, 9.17) is 5.73 Å². The molecule has 1 unspecified atom stereocenters. The number of carbonyl (C=O) groups excluding carboxylic acids is 1. The van der Waals surface area contributed by atoms with Crippen LogP contribution in [0.4, 0.5) is 0 Å². The van der Waals surface area contributed by atoms with Gasteiger partial charge in [0.1, 0.15) is 0 Å². The van der Waals surface area contributed by atoms with Gasteiger partial charge in [-0.25, -0.2) is 0 Å². The number of halogens is 2. The number of rotatable bonds is 6. The van der Waals surface area contributed by atoms with E-state index in [2.05, 4.69) is 10.3 Å². The summed E-state index contributed by atoms with van der Waals surface area (Å²) in [6.07, 6.45) is 4.75. The molecule has 0 aliphatic heterocycles. The third kappa shape index (κ3) is 8.28. The third-order valence-electron chi connectivity index (χ3n) is 2.44. The second kappa shape index (κ2) is 11.3. The lowest BCUT2D eigenvalue weighted by atomic mass is 10.1. The van der Waals surface area contributed by atoms with E-state index in [-0.39, 0.29) is 30.7 Å². The predicted octanol–water partition coefficient (Wildman–Crippen LogP) is 1.57. The second-order valence-electron chi connectivity index (χ2n) is 4.00. The van der Waals surface area contributed by atoms with E-state index >= 15 is 0 Å². The summed E-state index contributed by atoms with van der Waals surface area (Å²) in [5.41, 5.74) is 6.60. The summed E-state index contributed by atoms with van der Waals surface area (Å²) in [6, 6.07) is 3.85. The predicted molar refractivity (Wildman–Crippen MR) is 78.3 cm³/mol. The lowest BCUT2D eigenvalue weighted by Gasteiger charge is -2.09. The fourth-order valence-corrected chi connectivity index (χ4v) is 1.27. The number of nitrogens with two attached hydrogens (primary N) is 1.